The van der Waals surface area contributed by atoms with Crippen molar-refractivity contribution in [2.75, 3.05) is 0 Å². The number of halogens is 2. The van der Waals surface area contributed by atoms with E-state index in [2.05, 4.69) is 26.2 Å². The SMILES string of the molecule is CC(C)(C)C1=NC2N=C(c3ccccc3Cl)C(Br)C=C2C(=O)N1. The van der Waals surface area contributed by atoms with E-state index in [1.54, 1.807) is 0 Å². The minimum Gasteiger partial charge on any atom is -0.310 e. The number of amidine groups is 1. The monoisotopic (exact) mass is 393 g/mol. The number of nitrogens with one attached hydrogen (secondary N) is 1. The molecule has 0 aliphatic carbocycles. The zero-order valence-electron chi connectivity index (χ0n) is 13.1. The van der Waals surface area contributed by atoms with E-state index in [4.69, 9.17) is 16.6 Å². The van der Waals surface area contributed by atoms with E-state index in [9.17, 15) is 4.79 Å². The molecule has 4 nitrogen and oxygen atoms in total. The van der Waals surface area contributed by atoms with Gasteiger partial charge < -0.3 is 5.32 Å². The molecule has 120 valence electrons. The molecule has 2 atom stereocenters. The van der Waals surface area contributed by atoms with Gasteiger partial charge in [0.2, 0.25) is 0 Å². The highest BCUT2D eigenvalue weighted by atomic mass is 79.9. The Morgan fingerprint density at radius 3 is 2.57 bits per heavy atom. The van der Waals surface area contributed by atoms with Crippen LogP contribution in [-0.2, 0) is 4.79 Å². The molecule has 0 radical (unpaired) electrons. The number of benzene rings is 1. The lowest BCUT2D eigenvalue weighted by atomic mass is 9.92. The van der Waals surface area contributed by atoms with Crippen LogP contribution in [0.4, 0.5) is 0 Å². The molecule has 2 unspecified atom stereocenters. The van der Waals surface area contributed by atoms with Crippen molar-refractivity contribution in [2.45, 2.75) is 31.8 Å². The molecule has 6 heteroatoms. The fourth-order valence-electron chi connectivity index (χ4n) is 2.49. The Bertz CT molecular complexity index is 761. The van der Waals surface area contributed by atoms with E-state index in [0.717, 1.165) is 11.3 Å². The maximum Gasteiger partial charge on any atom is 0.256 e. The maximum absolute atomic E-state index is 12.4. The Balaban J connectivity index is 2.07. The summed E-state index contributed by atoms with van der Waals surface area (Å²) < 4.78 is 0. The van der Waals surface area contributed by atoms with Gasteiger partial charge in [0.1, 0.15) is 5.84 Å². The summed E-state index contributed by atoms with van der Waals surface area (Å²) in [6.07, 6.45) is 1.34. The summed E-state index contributed by atoms with van der Waals surface area (Å²) in [5.74, 6) is 0.515. The van der Waals surface area contributed by atoms with Crippen LogP contribution in [0.5, 0.6) is 0 Å². The van der Waals surface area contributed by atoms with Crippen molar-refractivity contribution in [3.05, 3.63) is 46.5 Å². The van der Waals surface area contributed by atoms with Gasteiger partial charge in [-0.3, -0.25) is 9.79 Å². The molecule has 0 saturated carbocycles. The van der Waals surface area contributed by atoms with Crippen LogP contribution in [0.1, 0.15) is 26.3 Å². The number of hydrogen-bond acceptors (Lipinski definition) is 3. The summed E-state index contributed by atoms with van der Waals surface area (Å²) in [6.45, 7) is 6.03. The molecule has 0 aromatic heterocycles. The van der Waals surface area contributed by atoms with Crippen molar-refractivity contribution in [1.82, 2.24) is 5.32 Å². The highest BCUT2D eigenvalue weighted by Crippen LogP contribution is 2.30. The minimum absolute atomic E-state index is 0.138. The third-order valence-electron chi connectivity index (χ3n) is 3.73. The molecule has 1 aromatic rings. The first kappa shape index (κ1) is 16.4. The number of dihydropyridines is 1. The third-order valence-corrected chi connectivity index (χ3v) is 4.76. The van der Waals surface area contributed by atoms with Crippen LogP contribution in [0.3, 0.4) is 0 Å². The highest BCUT2D eigenvalue weighted by Gasteiger charge is 2.35. The second kappa shape index (κ2) is 5.87. The Hall–Kier alpha value is -1.46. The van der Waals surface area contributed by atoms with Crippen LogP contribution in [0.25, 0.3) is 0 Å². The summed E-state index contributed by atoms with van der Waals surface area (Å²) in [7, 11) is 0. The smallest absolute Gasteiger partial charge is 0.256 e. The Morgan fingerprint density at radius 2 is 1.91 bits per heavy atom. The predicted molar refractivity (Wildman–Crippen MR) is 97.6 cm³/mol. The number of rotatable bonds is 1. The van der Waals surface area contributed by atoms with Crippen molar-refractivity contribution in [3.8, 4) is 0 Å². The number of aliphatic imine (C=N–C) groups is 2. The quantitative estimate of drug-likeness (QED) is 0.725. The first-order chi connectivity index (χ1) is 10.8. The summed E-state index contributed by atoms with van der Waals surface area (Å²) >= 11 is 9.87. The lowest BCUT2D eigenvalue weighted by molar-refractivity contribution is -0.116. The van der Waals surface area contributed by atoms with Crippen molar-refractivity contribution < 1.29 is 4.79 Å². The fraction of sp³-hybridized carbons (Fsp3) is 0.353. The van der Waals surface area contributed by atoms with E-state index in [1.807, 2.05) is 51.1 Å². The topological polar surface area (TPSA) is 53.8 Å². The Labute approximate surface area is 148 Å². The zero-order valence-corrected chi connectivity index (χ0v) is 15.4. The number of allylic oxidation sites excluding steroid dienone is 1. The number of carbonyl (C=O) groups is 1. The molecular formula is C17H17BrClN3O. The van der Waals surface area contributed by atoms with E-state index in [0.29, 0.717) is 16.4 Å². The molecule has 1 aromatic carbocycles. The van der Waals surface area contributed by atoms with Crippen LogP contribution in [0.2, 0.25) is 5.02 Å². The summed E-state index contributed by atoms with van der Waals surface area (Å²) in [5, 5.41) is 3.50. The summed E-state index contributed by atoms with van der Waals surface area (Å²) in [5.41, 5.74) is 1.96. The van der Waals surface area contributed by atoms with Crippen molar-refractivity contribution in [1.29, 1.82) is 0 Å². The van der Waals surface area contributed by atoms with Crippen LogP contribution < -0.4 is 5.32 Å². The van der Waals surface area contributed by atoms with Crippen LogP contribution in [-0.4, -0.2) is 28.4 Å². The molecule has 1 N–H and O–H groups in total. The zero-order chi connectivity index (χ0) is 16.8. The maximum atomic E-state index is 12.4. The molecule has 0 saturated heterocycles. The average Bonchev–Trinajstić information content (AvgIpc) is 2.47. The molecule has 1 amide bonds. The van der Waals surface area contributed by atoms with Gasteiger partial charge in [-0.1, -0.05) is 72.6 Å². The van der Waals surface area contributed by atoms with Gasteiger partial charge in [0, 0.05) is 16.0 Å². The van der Waals surface area contributed by atoms with Crippen LogP contribution in [0, 0.1) is 5.41 Å². The van der Waals surface area contributed by atoms with E-state index in [-0.39, 0.29) is 16.1 Å². The largest absolute Gasteiger partial charge is 0.310 e. The minimum atomic E-state index is -0.516. The van der Waals surface area contributed by atoms with Crippen LogP contribution in [0.15, 0.2) is 45.9 Å². The number of amides is 1. The van der Waals surface area contributed by atoms with Gasteiger partial charge in [-0.05, 0) is 6.07 Å². The molecule has 0 fully saturated rings. The van der Waals surface area contributed by atoms with Gasteiger partial charge in [-0.2, -0.15) is 0 Å². The average molecular weight is 395 g/mol. The summed E-state index contributed by atoms with van der Waals surface area (Å²) in [6, 6.07) is 7.55. The molecule has 2 aliphatic heterocycles. The second-order valence-corrected chi connectivity index (χ2v) is 7.97. The molecule has 0 spiro atoms. The van der Waals surface area contributed by atoms with Gasteiger partial charge in [-0.15, -0.1) is 0 Å². The number of alkyl halides is 1. The standard InChI is InChI=1S/C17H17BrClN3O/c1-17(2,3)16-21-14-10(15(23)22-16)8-11(18)13(20-14)9-6-4-5-7-12(9)19/h4-8,11,14H,1-3H3,(H,21,22,23). The molecule has 2 heterocycles. The lowest BCUT2D eigenvalue weighted by Gasteiger charge is -2.31. The molecule has 3 rings (SSSR count). The molecular weight excluding hydrogens is 378 g/mol. The summed E-state index contributed by atoms with van der Waals surface area (Å²) in [4.78, 5) is 21.5. The van der Waals surface area contributed by atoms with E-state index in [1.165, 1.54) is 0 Å². The van der Waals surface area contributed by atoms with Gasteiger partial charge >= 0.3 is 0 Å². The van der Waals surface area contributed by atoms with Crippen molar-refractivity contribution in [2.24, 2.45) is 15.4 Å². The third kappa shape index (κ3) is 3.12. The van der Waals surface area contributed by atoms with E-state index < -0.39 is 6.17 Å². The number of fused-ring (bicyclic) bond motifs is 1. The highest BCUT2D eigenvalue weighted by molar-refractivity contribution is 9.10. The normalized spacial score (nSPS) is 24.2. The van der Waals surface area contributed by atoms with Gasteiger partial charge in [0.15, 0.2) is 6.17 Å². The second-order valence-electron chi connectivity index (χ2n) is 6.57. The molecule has 2 aliphatic rings. The van der Waals surface area contributed by atoms with Gasteiger partial charge in [-0.25, -0.2) is 4.99 Å². The molecule has 0 bridgehead atoms. The van der Waals surface area contributed by atoms with Crippen molar-refractivity contribution >= 4 is 45.0 Å². The Morgan fingerprint density at radius 1 is 1.22 bits per heavy atom. The number of carbonyl (C=O) groups excluding carboxylic acids is 1. The fourth-order valence-corrected chi connectivity index (χ4v) is 3.37. The van der Waals surface area contributed by atoms with Crippen LogP contribution >= 0.6 is 27.5 Å². The van der Waals surface area contributed by atoms with Crippen molar-refractivity contribution in [3.63, 3.8) is 0 Å². The predicted octanol–water partition coefficient (Wildman–Crippen LogP) is 3.73. The first-order valence-electron chi connectivity index (χ1n) is 7.35. The number of hydrogen-bond donors (Lipinski definition) is 1. The Kier molecular flexibility index (Phi) is 4.19. The lowest BCUT2D eigenvalue weighted by Crippen LogP contribution is -2.47. The van der Waals surface area contributed by atoms with Gasteiger partial charge in [0.05, 0.1) is 16.1 Å². The van der Waals surface area contributed by atoms with E-state index >= 15 is 0 Å². The molecule has 23 heavy (non-hydrogen) atoms. The number of nitrogens with zero attached hydrogens (tertiary/aromatic N) is 2. The first-order valence-corrected chi connectivity index (χ1v) is 8.65. The van der Waals surface area contributed by atoms with Gasteiger partial charge in [0.25, 0.3) is 5.91 Å².